The van der Waals surface area contributed by atoms with Gasteiger partial charge in [0.15, 0.2) is 6.29 Å². The highest BCUT2D eigenvalue weighted by Crippen LogP contribution is 2.30. The van der Waals surface area contributed by atoms with E-state index in [-0.39, 0.29) is 11.5 Å². The molecule has 0 aliphatic carbocycles. The summed E-state index contributed by atoms with van der Waals surface area (Å²) in [5.41, 5.74) is 4.57. The van der Waals surface area contributed by atoms with E-state index in [1.165, 1.54) is 0 Å². The van der Waals surface area contributed by atoms with Gasteiger partial charge < -0.3 is 10.2 Å². The smallest absolute Gasteiger partial charge is 0.154 e. The minimum atomic E-state index is 0.0368. The molecule has 2 N–H and O–H groups in total. The summed E-state index contributed by atoms with van der Waals surface area (Å²) in [6.07, 6.45) is 1.21. The Morgan fingerprint density at radius 3 is 2.40 bits per heavy atom. The third-order valence-electron chi connectivity index (χ3n) is 3.64. The van der Waals surface area contributed by atoms with Gasteiger partial charge in [-0.05, 0) is 49.1 Å². The van der Waals surface area contributed by atoms with Gasteiger partial charge in [0.25, 0.3) is 0 Å². The molecule has 3 heteroatoms. The van der Waals surface area contributed by atoms with Crippen molar-refractivity contribution >= 4 is 6.29 Å². The number of aromatic hydroxyl groups is 2. The van der Waals surface area contributed by atoms with Crippen LogP contribution in [-0.2, 0) is 6.42 Å². The number of aldehydes is 1. The molecule has 3 nitrogen and oxygen atoms in total. The van der Waals surface area contributed by atoms with Gasteiger partial charge in [-0.3, -0.25) is 4.79 Å². The Kier molecular flexibility index (Phi) is 3.79. The van der Waals surface area contributed by atoms with E-state index < -0.39 is 0 Å². The number of carbonyl (C=O) groups excluding carboxylic acids is 1. The van der Waals surface area contributed by atoms with Gasteiger partial charge in [0.2, 0.25) is 0 Å². The highest BCUT2D eigenvalue weighted by atomic mass is 16.3. The van der Waals surface area contributed by atoms with Crippen LogP contribution in [0.5, 0.6) is 11.5 Å². The molecule has 0 aliphatic rings. The SMILES string of the molecule is Cc1ccc(O)c(Cc2cc(C)c(O)c(C=O)c2C)c1. The second-order valence-corrected chi connectivity index (χ2v) is 5.17. The fraction of sp³-hybridized carbons (Fsp3) is 0.235. The maximum absolute atomic E-state index is 11.1. The molecule has 0 atom stereocenters. The molecule has 0 aliphatic heterocycles. The Bertz CT molecular complexity index is 672. The van der Waals surface area contributed by atoms with E-state index in [0.29, 0.717) is 23.8 Å². The van der Waals surface area contributed by atoms with Crippen molar-refractivity contribution in [1.82, 2.24) is 0 Å². The lowest BCUT2D eigenvalue weighted by molar-refractivity contribution is 0.112. The Hall–Kier alpha value is -2.29. The summed E-state index contributed by atoms with van der Waals surface area (Å²) in [6, 6.07) is 7.31. The van der Waals surface area contributed by atoms with Gasteiger partial charge in [-0.15, -0.1) is 0 Å². The van der Waals surface area contributed by atoms with Crippen LogP contribution in [0.25, 0.3) is 0 Å². The van der Waals surface area contributed by atoms with Crippen LogP contribution in [0.15, 0.2) is 24.3 Å². The maximum atomic E-state index is 11.1. The number of hydrogen-bond acceptors (Lipinski definition) is 3. The average Bonchev–Trinajstić information content (AvgIpc) is 2.41. The minimum absolute atomic E-state index is 0.0368. The summed E-state index contributed by atoms with van der Waals surface area (Å²) in [5.74, 6) is 0.281. The van der Waals surface area contributed by atoms with E-state index in [9.17, 15) is 15.0 Å². The van der Waals surface area contributed by atoms with Crippen LogP contribution in [0.3, 0.4) is 0 Å². The molecule has 20 heavy (non-hydrogen) atoms. The van der Waals surface area contributed by atoms with Crippen LogP contribution in [0, 0.1) is 20.8 Å². The lowest BCUT2D eigenvalue weighted by Gasteiger charge is -2.13. The molecule has 0 heterocycles. The molecule has 0 amide bonds. The van der Waals surface area contributed by atoms with E-state index >= 15 is 0 Å². The molecular weight excluding hydrogens is 252 g/mol. The molecule has 2 aromatic carbocycles. The monoisotopic (exact) mass is 270 g/mol. The zero-order valence-corrected chi connectivity index (χ0v) is 11.9. The topological polar surface area (TPSA) is 57.5 Å². The molecule has 0 unspecified atom stereocenters. The molecule has 2 aromatic rings. The Labute approximate surface area is 118 Å². The number of rotatable bonds is 3. The van der Waals surface area contributed by atoms with E-state index in [4.69, 9.17) is 0 Å². The summed E-state index contributed by atoms with van der Waals surface area (Å²) in [4.78, 5) is 11.1. The number of phenolic OH excluding ortho intramolecular Hbond substituents is 2. The zero-order valence-electron chi connectivity index (χ0n) is 11.9. The largest absolute Gasteiger partial charge is 0.508 e. The van der Waals surface area contributed by atoms with Crippen molar-refractivity contribution in [2.45, 2.75) is 27.2 Å². The van der Waals surface area contributed by atoms with E-state index in [0.717, 1.165) is 22.3 Å². The highest BCUT2D eigenvalue weighted by Gasteiger charge is 2.13. The summed E-state index contributed by atoms with van der Waals surface area (Å²) in [5, 5.41) is 19.8. The van der Waals surface area contributed by atoms with Crippen LogP contribution in [0.4, 0.5) is 0 Å². The average molecular weight is 270 g/mol. The fourth-order valence-electron chi connectivity index (χ4n) is 2.39. The standard InChI is InChI=1S/C17H18O3/c1-10-4-5-16(19)14(6-10)8-13-7-11(2)17(20)15(9-18)12(13)3/h4-7,9,19-20H,8H2,1-3H3. The first-order valence-corrected chi connectivity index (χ1v) is 6.49. The summed E-state index contributed by atoms with van der Waals surface area (Å²) < 4.78 is 0. The van der Waals surface area contributed by atoms with Crippen molar-refractivity contribution in [3.63, 3.8) is 0 Å². The van der Waals surface area contributed by atoms with Crippen LogP contribution >= 0.6 is 0 Å². The molecule has 0 fully saturated rings. The normalized spacial score (nSPS) is 10.6. The van der Waals surface area contributed by atoms with E-state index in [2.05, 4.69) is 0 Å². The second-order valence-electron chi connectivity index (χ2n) is 5.17. The molecule has 0 bridgehead atoms. The molecule has 0 radical (unpaired) electrons. The van der Waals surface area contributed by atoms with Crippen molar-refractivity contribution < 1.29 is 15.0 Å². The molecule has 104 valence electrons. The zero-order chi connectivity index (χ0) is 14.9. The first-order chi connectivity index (χ1) is 9.43. The Balaban J connectivity index is 2.51. The van der Waals surface area contributed by atoms with Gasteiger partial charge in [0, 0.05) is 6.42 Å². The number of aryl methyl sites for hydroxylation is 2. The van der Waals surface area contributed by atoms with Crippen LogP contribution in [0.1, 0.15) is 38.2 Å². The van der Waals surface area contributed by atoms with Crippen molar-refractivity contribution in [2.24, 2.45) is 0 Å². The van der Waals surface area contributed by atoms with Gasteiger partial charge in [0.1, 0.15) is 11.5 Å². The van der Waals surface area contributed by atoms with Gasteiger partial charge in [-0.2, -0.15) is 0 Å². The van der Waals surface area contributed by atoms with Gasteiger partial charge in [-0.1, -0.05) is 23.8 Å². The summed E-state index contributed by atoms with van der Waals surface area (Å²) >= 11 is 0. The van der Waals surface area contributed by atoms with Crippen molar-refractivity contribution in [3.05, 3.63) is 57.6 Å². The summed E-state index contributed by atoms with van der Waals surface area (Å²) in [7, 11) is 0. The quantitative estimate of drug-likeness (QED) is 0.840. The molecule has 0 saturated carbocycles. The van der Waals surface area contributed by atoms with Crippen molar-refractivity contribution in [2.75, 3.05) is 0 Å². The number of benzene rings is 2. The maximum Gasteiger partial charge on any atom is 0.154 e. The molecule has 0 aromatic heterocycles. The lowest BCUT2D eigenvalue weighted by Crippen LogP contribution is -1.99. The highest BCUT2D eigenvalue weighted by molar-refractivity contribution is 5.83. The Morgan fingerprint density at radius 1 is 1.05 bits per heavy atom. The minimum Gasteiger partial charge on any atom is -0.508 e. The number of phenols is 2. The molecule has 0 saturated heterocycles. The predicted octanol–water partition coefficient (Wildman–Crippen LogP) is 3.43. The van der Waals surface area contributed by atoms with Gasteiger partial charge in [0.05, 0.1) is 5.56 Å². The van der Waals surface area contributed by atoms with Crippen molar-refractivity contribution in [1.29, 1.82) is 0 Å². The van der Waals surface area contributed by atoms with Gasteiger partial charge >= 0.3 is 0 Å². The summed E-state index contributed by atoms with van der Waals surface area (Å²) in [6.45, 7) is 5.54. The third-order valence-corrected chi connectivity index (χ3v) is 3.64. The van der Waals surface area contributed by atoms with Gasteiger partial charge in [-0.25, -0.2) is 0 Å². The lowest BCUT2D eigenvalue weighted by atomic mass is 9.93. The number of carbonyl (C=O) groups is 1. The first kappa shape index (κ1) is 14.1. The molecular formula is C17H18O3. The predicted molar refractivity (Wildman–Crippen MR) is 78.6 cm³/mol. The van der Waals surface area contributed by atoms with Crippen LogP contribution in [0.2, 0.25) is 0 Å². The first-order valence-electron chi connectivity index (χ1n) is 6.49. The van der Waals surface area contributed by atoms with Crippen LogP contribution in [-0.4, -0.2) is 16.5 Å². The number of hydrogen-bond donors (Lipinski definition) is 2. The fourth-order valence-corrected chi connectivity index (χ4v) is 2.39. The van der Waals surface area contributed by atoms with E-state index in [1.54, 1.807) is 13.0 Å². The Morgan fingerprint density at radius 2 is 1.75 bits per heavy atom. The van der Waals surface area contributed by atoms with E-state index in [1.807, 2.05) is 32.0 Å². The third kappa shape index (κ3) is 2.52. The van der Waals surface area contributed by atoms with Crippen molar-refractivity contribution in [3.8, 4) is 11.5 Å². The second kappa shape index (κ2) is 5.37. The molecule has 0 spiro atoms. The molecule has 2 rings (SSSR count). The van der Waals surface area contributed by atoms with Crippen LogP contribution < -0.4 is 0 Å².